The Hall–Kier alpha value is -1.81. The zero-order valence-corrected chi connectivity index (χ0v) is 14.9. The highest BCUT2D eigenvalue weighted by atomic mass is 32.2. The van der Waals surface area contributed by atoms with Crippen molar-refractivity contribution >= 4 is 48.9 Å². The molecule has 2 N–H and O–H groups in total. The number of nitrogens with one attached hydrogen (secondary N) is 1. The molecule has 0 fully saturated rings. The highest BCUT2D eigenvalue weighted by molar-refractivity contribution is 7.89. The molecule has 1 aromatic carbocycles. The highest BCUT2D eigenvalue weighted by Crippen LogP contribution is 2.23. The van der Waals surface area contributed by atoms with Crippen molar-refractivity contribution in [2.75, 3.05) is 6.54 Å². The lowest BCUT2D eigenvalue weighted by molar-refractivity contribution is 0.0698. The second kappa shape index (κ2) is 6.98. The Balaban J connectivity index is 1.59. The van der Waals surface area contributed by atoms with Crippen LogP contribution in [0.15, 0.2) is 40.6 Å². The molecule has 2 aromatic heterocycles. The van der Waals surface area contributed by atoms with Gasteiger partial charge in [0.05, 0.1) is 15.2 Å². The number of thiazole rings is 1. The lowest BCUT2D eigenvalue weighted by Crippen LogP contribution is -2.26. The monoisotopic (exact) mass is 382 g/mol. The number of carboxylic acid groups (broad SMARTS) is 1. The fourth-order valence-electron chi connectivity index (χ4n) is 2.22. The number of nitrogens with zero attached hydrogens (tertiary/aromatic N) is 1. The second-order valence-corrected chi connectivity index (χ2v) is 8.76. The first-order valence-electron chi connectivity index (χ1n) is 7.12. The molecule has 6 nitrogen and oxygen atoms in total. The number of aromatic carboxylic acids is 1. The average molecular weight is 382 g/mol. The van der Waals surface area contributed by atoms with Gasteiger partial charge in [0.2, 0.25) is 10.0 Å². The van der Waals surface area contributed by atoms with E-state index in [9.17, 15) is 13.2 Å². The van der Waals surface area contributed by atoms with Gasteiger partial charge < -0.3 is 5.11 Å². The van der Waals surface area contributed by atoms with Gasteiger partial charge >= 0.3 is 5.97 Å². The molecule has 0 saturated carbocycles. The maximum Gasteiger partial charge on any atom is 0.347 e. The Morgan fingerprint density at radius 1 is 1.25 bits per heavy atom. The number of benzene rings is 1. The number of aryl methyl sites for hydroxylation is 1. The smallest absolute Gasteiger partial charge is 0.347 e. The minimum Gasteiger partial charge on any atom is -0.477 e. The van der Waals surface area contributed by atoms with Crippen molar-refractivity contribution in [3.05, 3.63) is 45.6 Å². The van der Waals surface area contributed by atoms with E-state index in [1.807, 2.05) is 24.3 Å². The van der Waals surface area contributed by atoms with Crippen LogP contribution in [0.2, 0.25) is 0 Å². The van der Waals surface area contributed by atoms with Gasteiger partial charge in [0, 0.05) is 13.0 Å². The fourth-order valence-corrected chi connectivity index (χ4v) is 5.56. The van der Waals surface area contributed by atoms with Gasteiger partial charge in [-0.1, -0.05) is 12.1 Å². The Bertz CT molecular complexity index is 942. The van der Waals surface area contributed by atoms with Crippen LogP contribution in [0.3, 0.4) is 0 Å². The van der Waals surface area contributed by atoms with Crippen molar-refractivity contribution in [1.29, 1.82) is 0 Å². The molecule has 0 spiro atoms. The van der Waals surface area contributed by atoms with Gasteiger partial charge in [-0.2, -0.15) is 0 Å². The third-order valence-electron chi connectivity index (χ3n) is 3.31. The predicted molar refractivity (Wildman–Crippen MR) is 94.4 cm³/mol. The van der Waals surface area contributed by atoms with Crippen molar-refractivity contribution in [1.82, 2.24) is 9.71 Å². The lowest BCUT2D eigenvalue weighted by Gasteiger charge is -2.05. The maximum atomic E-state index is 12.2. The minimum atomic E-state index is -3.81. The van der Waals surface area contributed by atoms with E-state index in [0.29, 0.717) is 12.8 Å². The molecule has 0 saturated heterocycles. The molecule has 0 aliphatic heterocycles. The Labute approximate surface area is 146 Å². The van der Waals surface area contributed by atoms with Crippen LogP contribution in [0.4, 0.5) is 0 Å². The Morgan fingerprint density at radius 2 is 2.04 bits per heavy atom. The quantitative estimate of drug-likeness (QED) is 0.613. The number of carbonyl (C=O) groups is 1. The van der Waals surface area contributed by atoms with Crippen LogP contribution in [0, 0.1) is 0 Å². The fraction of sp³-hybridized carbons (Fsp3) is 0.200. The van der Waals surface area contributed by atoms with E-state index in [1.54, 1.807) is 11.3 Å². The van der Waals surface area contributed by atoms with Crippen molar-refractivity contribution in [2.24, 2.45) is 0 Å². The summed E-state index contributed by atoms with van der Waals surface area (Å²) in [5.41, 5.74) is 0.947. The van der Waals surface area contributed by atoms with E-state index in [0.717, 1.165) is 26.6 Å². The summed E-state index contributed by atoms with van der Waals surface area (Å²) < 4.78 is 27.9. The van der Waals surface area contributed by atoms with Gasteiger partial charge in [0.15, 0.2) is 0 Å². The Morgan fingerprint density at radius 3 is 2.79 bits per heavy atom. The zero-order valence-electron chi connectivity index (χ0n) is 12.4. The summed E-state index contributed by atoms with van der Waals surface area (Å²) in [6, 6.07) is 9.15. The van der Waals surface area contributed by atoms with Crippen LogP contribution in [-0.2, 0) is 16.4 Å². The van der Waals surface area contributed by atoms with E-state index in [-0.39, 0.29) is 16.3 Å². The number of fused-ring (bicyclic) bond motifs is 1. The number of thiophene rings is 1. The summed E-state index contributed by atoms with van der Waals surface area (Å²) in [5, 5.41) is 11.4. The summed E-state index contributed by atoms with van der Waals surface area (Å²) >= 11 is 2.49. The lowest BCUT2D eigenvalue weighted by atomic mass is 10.3. The summed E-state index contributed by atoms with van der Waals surface area (Å²) in [5.74, 6) is -1.24. The van der Waals surface area contributed by atoms with Crippen LogP contribution >= 0.6 is 22.7 Å². The van der Waals surface area contributed by atoms with Crippen LogP contribution in [0.5, 0.6) is 0 Å². The van der Waals surface area contributed by atoms with Gasteiger partial charge in [0.1, 0.15) is 9.77 Å². The largest absolute Gasteiger partial charge is 0.477 e. The summed E-state index contributed by atoms with van der Waals surface area (Å²) in [6.45, 7) is 0.229. The molecule has 0 radical (unpaired) electrons. The van der Waals surface area contributed by atoms with Crippen molar-refractivity contribution in [3.63, 3.8) is 0 Å². The first kappa shape index (κ1) is 17.0. The van der Waals surface area contributed by atoms with E-state index in [1.165, 1.54) is 11.4 Å². The normalized spacial score (nSPS) is 11.8. The van der Waals surface area contributed by atoms with Crippen LogP contribution in [0.25, 0.3) is 10.2 Å². The van der Waals surface area contributed by atoms with Gasteiger partial charge in [0.25, 0.3) is 0 Å². The SMILES string of the molecule is O=C(O)c1sccc1S(=O)(=O)NCCCc1nc2ccccc2s1. The maximum absolute atomic E-state index is 12.2. The van der Waals surface area contributed by atoms with Gasteiger partial charge in [-0.25, -0.2) is 22.9 Å². The van der Waals surface area contributed by atoms with Gasteiger partial charge in [-0.05, 0) is 30.0 Å². The number of carboxylic acids is 1. The third kappa shape index (κ3) is 3.64. The standard InChI is InChI=1S/C15H14N2O4S3/c18-15(19)14-12(7-9-22-14)24(20,21)16-8-3-6-13-17-10-4-1-2-5-11(10)23-13/h1-2,4-5,7,9,16H,3,6,8H2,(H,18,19). The molecule has 0 amide bonds. The van der Waals surface area contributed by atoms with E-state index >= 15 is 0 Å². The molecule has 3 aromatic rings. The van der Waals surface area contributed by atoms with E-state index in [4.69, 9.17) is 5.11 Å². The minimum absolute atomic E-state index is 0.173. The predicted octanol–water partition coefficient (Wildman–Crippen LogP) is 2.97. The van der Waals surface area contributed by atoms with Crippen LogP contribution in [-0.4, -0.2) is 31.0 Å². The number of hydrogen-bond donors (Lipinski definition) is 2. The summed E-state index contributed by atoms with van der Waals surface area (Å²) in [6.07, 6.45) is 1.25. The number of para-hydroxylation sites is 1. The van der Waals surface area contributed by atoms with Crippen LogP contribution in [0.1, 0.15) is 21.1 Å². The highest BCUT2D eigenvalue weighted by Gasteiger charge is 2.23. The number of rotatable bonds is 7. The first-order chi connectivity index (χ1) is 11.5. The molecule has 0 unspecified atom stereocenters. The number of sulfonamides is 1. The molecule has 9 heteroatoms. The molecule has 3 rings (SSSR count). The summed E-state index contributed by atoms with van der Waals surface area (Å²) in [4.78, 5) is 15.2. The van der Waals surface area contributed by atoms with Crippen molar-refractivity contribution in [3.8, 4) is 0 Å². The third-order valence-corrected chi connectivity index (χ3v) is 6.94. The van der Waals surface area contributed by atoms with E-state index < -0.39 is 16.0 Å². The molecule has 126 valence electrons. The topological polar surface area (TPSA) is 96.4 Å². The number of aromatic nitrogens is 1. The number of hydrogen-bond acceptors (Lipinski definition) is 6. The van der Waals surface area contributed by atoms with Crippen molar-refractivity contribution in [2.45, 2.75) is 17.7 Å². The van der Waals surface area contributed by atoms with Gasteiger partial charge in [-0.3, -0.25) is 0 Å². The zero-order chi connectivity index (χ0) is 17.2. The Kier molecular flexibility index (Phi) is 4.95. The molecular formula is C15H14N2O4S3. The van der Waals surface area contributed by atoms with Crippen molar-refractivity contribution < 1.29 is 18.3 Å². The molecule has 0 bridgehead atoms. The molecule has 0 aliphatic carbocycles. The molecule has 24 heavy (non-hydrogen) atoms. The second-order valence-electron chi connectivity index (χ2n) is 5.00. The first-order valence-corrected chi connectivity index (χ1v) is 10.3. The molecule has 0 atom stereocenters. The molecular weight excluding hydrogens is 368 g/mol. The molecule has 2 heterocycles. The average Bonchev–Trinajstić information content (AvgIpc) is 3.18. The summed E-state index contributed by atoms with van der Waals surface area (Å²) in [7, 11) is -3.81. The van der Waals surface area contributed by atoms with Gasteiger partial charge in [-0.15, -0.1) is 22.7 Å². The molecule has 0 aliphatic rings. The van der Waals surface area contributed by atoms with Crippen LogP contribution < -0.4 is 4.72 Å². The van der Waals surface area contributed by atoms with E-state index in [2.05, 4.69) is 9.71 Å².